The van der Waals surface area contributed by atoms with Crippen molar-refractivity contribution in [3.8, 4) is 0 Å². The zero-order chi connectivity index (χ0) is 16.3. The Hall–Kier alpha value is -1.59. The normalized spacial score (nSPS) is 21.5. The number of nitrogens with zero attached hydrogens (tertiary/aromatic N) is 3. The SMILES string of the molecule is CCN1CCN(C(C(=O)O)c2ccc(N(C)C)cc2)CC1C. The molecule has 0 aliphatic carbocycles. The molecule has 0 spiro atoms. The van der Waals surface area contributed by atoms with Crippen LogP contribution in [0, 0.1) is 0 Å². The van der Waals surface area contributed by atoms with Crippen molar-refractivity contribution in [3.05, 3.63) is 29.8 Å². The van der Waals surface area contributed by atoms with Crippen molar-refractivity contribution in [2.75, 3.05) is 45.2 Å². The van der Waals surface area contributed by atoms with Gasteiger partial charge in [-0.05, 0) is 31.2 Å². The first-order chi connectivity index (χ1) is 10.4. The second-order valence-corrected chi connectivity index (χ2v) is 6.20. The topological polar surface area (TPSA) is 47.0 Å². The van der Waals surface area contributed by atoms with Crippen LogP contribution in [-0.4, -0.2) is 67.2 Å². The van der Waals surface area contributed by atoms with E-state index < -0.39 is 12.0 Å². The number of carboxylic acids is 1. The van der Waals surface area contributed by atoms with Crippen LogP contribution in [-0.2, 0) is 4.79 Å². The maximum atomic E-state index is 11.8. The highest BCUT2D eigenvalue weighted by Crippen LogP contribution is 2.26. The number of anilines is 1. The molecule has 0 saturated carbocycles. The van der Waals surface area contributed by atoms with Crippen LogP contribution in [0.25, 0.3) is 0 Å². The molecule has 1 heterocycles. The molecule has 2 unspecified atom stereocenters. The minimum atomic E-state index is -0.769. The quantitative estimate of drug-likeness (QED) is 0.900. The van der Waals surface area contributed by atoms with Gasteiger partial charge in [-0.15, -0.1) is 0 Å². The zero-order valence-corrected chi connectivity index (χ0v) is 14.0. The van der Waals surface area contributed by atoms with Crippen molar-refractivity contribution in [3.63, 3.8) is 0 Å². The first-order valence-corrected chi connectivity index (χ1v) is 7.92. The molecule has 5 heteroatoms. The average molecular weight is 305 g/mol. The van der Waals surface area contributed by atoms with Gasteiger partial charge in [0, 0.05) is 45.5 Å². The van der Waals surface area contributed by atoms with Gasteiger partial charge in [0.15, 0.2) is 0 Å². The van der Waals surface area contributed by atoms with E-state index in [0.29, 0.717) is 6.04 Å². The maximum absolute atomic E-state index is 11.8. The van der Waals surface area contributed by atoms with Crippen molar-refractivity contribution in [2.24, 2.45) is 0 Å². The summed E-state index contributed by atoms with van der Waals surface area (Å²) in [5, 5.41) is 9.70. The summed E-state index contributed by atoms with van der Waals surface area (Å²) in [5.74, 6) is -0.769. The van der Waals surface area contributed by atoms with E-state index in [1.807, 2.05) is 43.3 Å². The summed E-state index contributed by atoms with van der Waals surface area (Å²) in [6.07, 6.45) is 0. The Morgan fingerprint density at radius 3 is 2.41 bits per heavy atom. The Labute approximate surface area is 133 Å². The van der Waals surface area contributed by atoms with E-state index in [4.69, 9.17) is 0 Å². The van der Waals surface area contributed by atoms with Gasteiger partial charge in [-0.2, -0.15) is 0 Å². The molecular formula is C17H27N3O2. The largest absolute Gasteiger partial charge is 0.480 e. The van der Waals surface area contributed by atoms with Gasteiger partial charge in [0.2, 0.25) is 0 Å². The molecule has 1 aromatic carbocycles. The lowest BCUT2D eigenvalue weighted by Gasteiger charge is -2.41. The first kappa shape index (κ1) is 16.8. The van der Waals surface area contributed by atoms with E-state index in [0.717, 1.165) is 37.4 Å². The average Bonchev–Trinajstić information content (AvgIpc) is 2.48. The van der Waals surface area contributed by atoms with E-state index in [1.165, 1.54) is 0 Å². The summed E-state index contributed by atoms with van der Waals surface area (Å²) in [6, 6.07) is 7.67. The number of carbonyl (C=O) groups is 1. The highest BCUT2D eigenvalue weighted by atomic mass is 16.4. The second-order valence-electron chi connectivity index (χ2n) is 6.20. The van der Waals surface area contributed by atoms with Gasteiger partial charge >= 0.3 is 5.97 Å². The van der Waals surface area contributed by atoms with Crippen LogP contribution in [0.15, 0.2) is 24.3 Å². The summed E-state index contributed by atoms with van der Waals surface area (Å²) in [6.45, 7) is 7.86. The number of hydrogen-bond donors (Lipinski definition) is 1. The van der Waals surface area contributed by atoms with Crippen LogP contribution in [0.1, 0.15) is 25.5 Å². The predicted octanol–water partition coefficient (Wildman–Crippen LogP) is 1.90. The lowest BCUT2D eigenvalue weighted by atomic mass is 10.0. The van der Waals surface area contributed by atoms with Gasteiger partial charge < -0.3 is 10.0 Å². The summed E-state index contributed by atoms with van der Waals surface area (Å²) in [4.78, 5) is 18.3. The predicted molar refractivity (Wildman–Crippen MR) is 89.4 cm³/mol. The van der Waals surface area contributed by atoms with Gasteiger partial charge in [0.1, 0.15) is 6.04 Å². The molecule has 1 fully saturated rings. The van der Waals surface area contributed by atoms with Crippen LogP contribution in [0.3, 0.4) is 0 Å². The molecule has 1 N–H and O–H groups in total. The lowest BCUT2D eigenvalue weighted by molar-refractivity contribution is -0.144. The highest BCUT2D eigenvalue weighted by molar-refractivity contribution is 5.76. The van der Waals surface area contributed by atoms with Crippen molar-refractivity contribution in [1.29, 1.82) is 0 Å². The Balaban J connectivity index is 2.18. The molecule has 122 valence electrons. The molecule has 0 radical (unpaired) electrons. The fourth-order valence-electron chi connectivity index (χ4n) is 3.19. The molecule has 1 aromatic rings. The van der Waals surface area contributed by atoms with Crippen LogP contribution in [0.4, 0.5) is 5.69 Å². The molecule has 2 rings (SSSR count). The standard InChI is InChI=1S/C17H27N3O2/c1-5-19-10-11-20(12-13(19)2)16(17(21)22)14-6-8-15(9-7-14)18(3)4/h6-9,13,16H,5,10-12H2,1-4H3,(H,21,22). The molecule has 0 aromatic heterocycles. The van der Waals surface area contributed by atoms with Crippen LogP contribution >= 0.6 is 0 Å². The minimum absolute atomic E-state index is 0.390. The summed E-state index contributed by atoms with van der Waals surface area (Å²) in [7, 11) is 3.96. The van der Waals surface area contributed by atoms with Crippen molar-refractivity contribution >= 4 is 11.7 Å². The van der Waals surface area contributed by atoms with Gasteiger partial charge in [0.25, 0.3) is 0 Å². The Morgan fingerprint density at radius 2 is 1.95 bits per heavy atom. The van der Waals surface area contributed by atoms with E-state index in [-0.39, 0.29) is 0 Å². The molecule has 0 amide bonds. The van der Waals surface area contributed by atoms with Crippen LogP contribution < -0.4 is 4.90 Å². The van der Waals surface area contributed by atoms with Crippen LogP contribution in [0.2, 0.25) is 0 Å². The molecule has 0 bridgehead atoms. The summed E-state index contributed by atoms with van der Waals surface area (Å²) < 4.78 is 0. The molecule has 2 atom stereocenters. The number of benzene rings is 1. The van der Waals surface area contributed by atoms with E-state index in [9.17, 15) is 9.90 Å². The van der Waals surface area contributed by atoms with Crippen LogP contribution in [0.5, 0.6) is 0 Å². The molecule has 1 saturated heterocycles. The number of rotatable bonds is 5. The van der Waals surface area contributed by atoms with Crippen molar-refractivity contribution < 1.29 is 9.90 Å². The number of hydrogen-bond acceptors (Lipinski definition) is 4. The summed E-state index contributed by atoms with van der Waals surface area (Å²) in [5.41, 5.74) is 1.94. The van der Waals surface area contributed by atoms with E-state index in [1.54, 1.807) is 0 Å². The molecule has 1 aliphatic rings. The second kappa shape index (κ2) is 7.11. The number of carboxylic acid groups (broad SMARTS) is 1. The van der Waals surface area contributed by atoms with Gasteiger partial charge in [-0.3, -0.25) is 14.6 Å². The highest BCUT2D eigenvalue weighted by Gasteiger charge is 2.32. The molecule has 5 nitrogen and oxygen atoms in total. The minimum Gasteiger partial charge on any atom is -0.480 e. The Bertz CT molecular complexity index is 501. The molecular weight excluding hydrogens is 278 g/mol. The first-order valence-electron chi connectivity index (χ1n) is 7.92. The number of likely N-dealkylation sites (N-methyl/N-ethyl adjacent to an activating group) is 1. The smallest absolute Gasteiger partial charge is 0.325 e. The summed E-state index contributed by atoms with van der Waals surface area (Å²) >= 11 is 0. The van der Waals surface area contributed by atoms with E-state index >= 15 is 0 Å². The Morgan fingerprint density at radius 1 is 1.32 bits per heavy atom. The van der Waals surface area contributed by atoms with Crippen molar-refractivity contribution in [2.45, 2.75) is 25.9 Å². The monoisotopic (exact) mass is 305 g/mol. The van der Waals surface area contributed by atoms with Gasteiger partial charge in [-0.25, -0.2) is 0 Å². The third-order valence-electron chi connectivity index (χ3n) is 4.53. The molecule has 22 heavy (non-hydrogen) atoms. The number of aliphatic carboxylic acids is 1. The molecule has 1 aliphatic heterocycles. The van der Waals surface area contributed by atoms with Gasteiger partial charge in [0.05, 0.1) is 0 Å². The number of piperazine rings is 1. The zero-order valence-electron chi connectivity index (χ0n) is 14.0. The third kappa shape index (κ3) is 3.59. The third-order valence-corrected chi connectivity index (χ3v) is 4.53. The maximum Gasteiger partial charge on any atom is 0.325 e. The fourth-order valence-corrected chi connectivity index (χ4v) is 3.19. The van der Waals surface area contributed by atoms with Crippen molar-refractivity contribution in [1.82, 2.24) is 9.80 Å². The van der Waals surface area contributed by atoms with Gasteiger partial charge in [-0.1, -0.05) is 19.1 Å². The van der Waals surface area contributed by atoms with E-state index in [2.05, 4.69) is 23.6 Å². The lowest BCUT2D eigenvalue weighted by Crippen LogP contribution is -2.53. The fraction of sp³-hybridized carbons (Fsp3) is 0.588. The Kier molecular flexibility index (Phi) is 5.42.